The molecule has 148 valence electrons. The molecule has 5 nitrogen and oxygen atoms in total. The molecule has 0 unspecified atom stereocenters. The molecule has 7 heteroatoms. The van der Waals surface area contributed by atoms with E-state index in [4.69, 9.17) is 11.6 Å². The molecular weight excluding hydrogens is 408 g/mol. The summed E-state index contributed by atoms with van der Waals surface area (Å²) < 4.78 is 26.8. The molecule has 0 atom stereocenters. The molecule has 0 radical (unpaired) electrons. The average molecular weight is 427 g/mol. The van der Waals surface area contributed by atoms with E-state index in [2.05, 4.69) is 5.32 Å². The number of carbonyl (C=O) groups excluding carboxylic acids is 1. The molecule has 0 aromatic heterocycles. The lowest BCUT2D eigenvalue weighted by Gasteiger charge is -2.19. The second-order valence-electron chi connectivity index (χ2n) is 6.18. The first kappa shape index (κ1) is 20.6. The molecule has 1 amide bonds. The van der Waals surface area contributed by atoms with Crippen LogP contribution in [0.2, 0.25) is 5.02 Å². The maximum absolute atomic E-state index is 12.8. The lowest BCUT2D eigenvalue weighted by molar-refractivity contribution is -0.111. The lowest BCUT2D eigenvalue weighted by Crippen LogP contribution is -2.26. The third-order valence-corrected chi connectivity index (χ3v) is 6.36. The molecule has 0 aliphatic carbocycles. The van der Waals surface area contributed by atoms with Crippen LogP contribution in [-0.4, -0.2) is 21.4 Å². The first-order chi connectivity index (χ1) is 13.9. The Kier molecular flexibility index (Phi) is 6.36. The number of sulfonamides is 1. The largest absolute Gasteiger partial charge is 0.323 e. The number of carbonyl (C=O) groups is 1. The number of amides is 1. The van der Waals surface area contributed by atoms with Gasteiger partial charge in [0.2, 0.25) is 5.91 Å². The number of nitrogens with one attached hydrogen (secondary N) is 1. The Balaban J connectivity index is 1.70. The van der Waals surface area contributed by atoms with E-state index in [9.17, 15) is 13.2 Å². The molecule has 0 aliphatic heterocycles. The van der Waals surface area contributed by atoms with E-state index in [0.29, 0.717) is 16.4 Å². The van der Waals surface area contributed by atoms with Crippen molar-refractivity contribution in [2.45, 2.75) is 4.90 Å². The number of halogens is 1. The van der Waals surface area contributed by atoms with Crippen molar-refractivity contribution >= 4 is 45.0 Å². The number of nitrogens with zero attached hydrogens (tertiary/aromatic N) is 1. The Morgan fingerprint density at radius 1 is 0.931 bits per heavy atom. The van der Waals surface area contributed by atoms with Gasteiger partial charge in [-0.3, -0.25) is 9.10 Å². The minimum Gasteiger partial charge on any atom is -0.323 e. The predicted molar refractivity (Wildman–Crippen MR) is 118 cm³/mol. The number of rotatable bonds is 6. The van der Waals surface area contributed by atoms with Gasteiger partial charge >= 0.3 is 0 Å². The second kappa shape index (κ2) is 8.94. The summed E-state index contributed by atoms with van der Waals surface area (Å²) in [5.41, 5.74) is 1.78. The molecule has 0 saturated heterocycles. The highest BCUT2D eigenvalue weighted by Crippen LogP contribution is 2.23. The lowest BCUT2D eigenvalue weighted by atomic mass is 10.2. The molecule has 0 fully saturated rings. The van der Waals surface area contributed by atoms with Gasteiger partial charge in [-0.05, 0) is 54.1 Å². The first-order valence-corrected chi connectivity index (χ1v) is 10.6. The number of benzene rings is 3. The summed E-state index contributed by atoms with van der Waals surface area (Å²) in [4.78, 5) is 12.2. The van der Waals surface area contributed by atoms with E-state index in [1.54, 1.807) is 54.6 Å². The second-order valence-corrected chi connectivity index (χ2v) is 8.55. The van der Waals surface area contributed by atoms with Crippen LogP contribution in [0.1, 0.15) is 5.56 Å². The zero-order valence-corrected chi connectivity index (χ0v) is 17.2. The number of anilines is 2. The van der Waals surface area contributed by atoms with E-state index >= 15 is 0 Å². The number of hydrogen-bond donors (Lipinski definition) is 1. The van der Waals surface area contributed by atoms with Crippen LogP contribution in [0.25, 0.3) is 6.08 Å². The molecule has 0 bridgehead atoms. The Bertz CT molecular complexity index is 1130. The summed E-state index contributed by atoms with van der Waals surface area (Å²) in [7, 11) is -2.20. The fourth-order valence-corrected chi connectivity index (χ4v) is 4.00. The van der Waals surface area contributed by atoms with E-state index in [1.807, 2.05) is 18.2 Å². The summed E-state index contributed by atoms with van der Waals surface area (Å²) in [6, 6.07) is 22.0. The number of para-hydroxylation sites is 1. The zero-order valence-electron chi connectivity index (χ0n) is 15.6. The SMILES string of the molecule is CN(c1ccccc1)S(=O)(=O)c1ccc(NC(=O)C=Cc2ccccc2Cl)cc1. The van der Waals surface area contributed by atoms with Crippen LogP contribution in [0.4, 0.5) is 11.4 Å². The van der Waals surface area contributed by atoms with Crippen molar-refractivity contribution in [1.29, 1.82) is 0 Å². The van der Waals surface area contributed by atoms with Crippen LogP contribution in [-0.2, 0) is 14.8 Å². The summed E-state index contributed by atoms with van der Waals surface area (Å²) in [6.45, 7) is 0. The van der Waals surface area contributed by atoms with Crippen LogP contribution in [0.5, 0.6) is 0 Å². The molecule has 3 rings (SSSR count). The fraction of sp³-hybridized carbons (Fsp3) is 0.0455. The molecule has 3 aromatic carbocycles. The molecule has 0 spiro atoms. The summed E-state index contributed by atoms with van der Waals surface area (Å²) in [6.07, 6.45) is 2.99. The van der Waals surface area contributed by atoms with Crippen LogP contribution >= 0.6 is 11.6 Å². The first-order valence-electron chi connectivity index (χ1n) is 8.75. The molecular formula is C22H19ClN2O3S. The van der Waals surface area contributed by atoms with Crippen molar-refractivity contribution < 1.29 is 13.2 Å². The van der Waals surface area contributed by atoms with Crippen molar-refractivity contribution in [3.05, 3.63) is 95.5 Å². The third-order valence-electron chi connectivity index (χ3n) is 4.22. The molecule has 29 heavy (non-hydrogen) atoms. The number of hydrogen-bond acceptors (Lipinski definition) is 3. The van der Waals surface area contributed by atoms with Crippen LogP contribution in [0.3, 0.4) is 0 Å². The molecule has 3 aromatic rings. The van der Waals surface area contributed by atoms with Gasteiger partial charge in [0.25, 0.3) is 10.0 Å². The van der Waals surface area contributed by atoms with Gasteiger partial charge < -0.3 is 5.32 Å². The van der Waals surface area contributed by atoms with Gasteiger partial charge in [-0.15, -0.1) is 0 Å². The van der Waals surface area contributed by atoms with Crippen molar-refractivity contribution in [2.75, 3.05) is 16.7 Å². The van der Waals surface area contributed by atoms with Crippen molar-refractivity contribution in [3.63, 3.8) is 0 Å². The van der Waals surface area contributed by atoms with E-state index in [-0.39, 0.29) is 10.8 Å². The molecule has 1 N–H and O–H groups in total. The van der Waals surface area contributed by atoms with Gasteiger partial charge in [0.15, 0.2) is 0 Å². The highest BCUT2D eigenvalue weighted by molar-refractivity contribution is 7.92. The van der Waals surface area contributed by atoms with Gasteiger partial charge in [0.1, 0.15) is 0 Å². The highest BCUT2D eigenvalue weighted by Gasteiger charge is 2.21. The zero-order chi connectivity index (χ0) is 20.9. The predicted octanol–water partition coefficient (Wildman–Crippen LogP) is 4.82. The van der Waals surface area contributed by atoms with Crippen LogP contribution in [0, 0.1) is 0 Å². The molecule has 0 aliphatic rings. The topological polar surface area (TPSA) is 66.5 Å². The van der Waals surface area contributed by atoms with Gasteiger partial charge in [0, 0.05) is 23.8 Å². The Morgan fingerprint density at radius 3 is 2.21 bits per heavy atom. The Labute approximate surface area is 175 Å². The summed E-state index contributed by atoms with van der Waals surface area (Å²) >= 11 is 6.05. The molecule has 0 heterocycles. The van der Waals surface area contributed by atoms with E-state index in [1.165, 1.54) is 29.6 Å². The van der Waals surface area contributed by atoms with Gasteiger partial charge in [-0.2, -0.15) is 0 Å². The summed E-state index contributed by atoms with van der Waals surface area (Å²) in [5.74, 6) is -0.345. The fourth-order valence-electron chi connectivity index (χ4n) is 2.60. The minimum atomic E-state index is -3.70. The van der Waals surface area contributed by atoms with Gasteiger partial charge in [-0.1, -0.05) is 48.0 Å². The van der Waals surface area contributed by atoms with Crippen LogP contribution < -0.4 is 9.62 Å². The monoisotopic (exact) mass is 426 g/mol. The molecule has 0 saturated carbocycles. The van der Waals surface area contributed by atoms with Crippen molar-refractivity contribution in [2.24, 2.45) is 0 Å². The van der Waals surface area contributed by atoms with E-state index < -0.39 is 10.0 Å². The third kappa shape index (κ3) is 5.04. The normalized spacial score (nSPS) is 11.4. The van der Waals surface area contributed by atoms with Crippen LogP contribution in [0.15, 0.2) is 89.8 Å². The maximum atomic E-state index is 12.8. The van der Waals surface area contributed by atoms with Gasteiger partial charge in [-0.25, -0.2) is 8.42 Å². The minimum absolute atomic E-state index is 0.133. The standard InChI is InChI=1S/C22H19ClN2O3S/c1-25(19-8-3-2-4-9-19)29(27,28)20-14-12-18(13-15-20)24-22(26)16-11-17-7-5-6-10-21(17)23/h2-16H,1H3,(H,24,26). The average Bonchev–Trinajstić information content (AvgIpc) is 2.73. The summed E-state index contributed by atoms with van der Waals surface area (Å²) in [5, 5.41) is 3.24. The van der Waals surface area contributed by atoms with Gasteiger partial charge in [0.05, 0.1) is 10.6 Å². The van der Waals surface area contributed by atoms with Crippen molar-refractivity contribution in [1.82, 2.24) is 0 Å². The quantitative estimate of drug-likeness (QED) is 0.575. The Hall–Kier alpha value is -3.09. The van der Waals surface area contributed by atoms with E-state index in [0.717, 1.165) is 5.56 Å². The maximum Gasteiger partial charge on any atom is 0.264 e. The van der Waals surface area contributed by atoms with Crippen molar-refractivity contribution in [3.8, 4) is 0 Å². The smallest absolute Gasteiger partial charge is 0.264 e. The highest BCUT2D eigenvalue weighted by atomic mass is 35.5. The Morgan fingerprint density at radius 2 is 1.55 bits per heavy atom.